The van der Waals surface area contributed by atoms with Crippen LogP contribution in [0.1, 0.15) is 18.2 Å². The number of alkyl halides is 1. The largest absolute Gasteiger partial charge is 0.393 e. The monoisotopic (exact) mass is 297 g/mol. The van der Waals surface area contributed by atoms with Gasteiger partial charge >= 0.3 is 6.08 Å². The normalized spacial score (nSPS) is 29.1. The summed E-state index contributed by atoms with van der Waals surface area (Å²) < 4.78 is 34.2. The Hall–Kier alpha value is -2.13. The number of halogens is 2. The zero-order valence-electron chi connectivity index (χ0n) is 10.9. The number of nitrogens with zero attached hydrogens (tertiary/aromatic N) is 4. The van der Waals surface area contributed by atoms with E-state index in [1.54, 1.807) is 0 Å². The standard InChI is InChI=1S/C12H13F2N5O2/c1-2-12(5-20)3-6(13)8(21-12)7-4-16-10-9(15)17-11(14)18-19(7)10/h2,4,6,8,20H,1,3,5H2,(H2,15,17,18)/t6-,8-,12+/m1/s1. The molecule has 0 spiro atoms. The number of aromatic nitrogens is 4. The molecule has 0 aromatic carbocycles. The van der Waals surface area contributed by atoms with Crippen molar-refractivity contribution in [3.63, 3.8) is 0 Å². The highest BCUT2D eigenvalue weighted by molar-refractivity contribution is 5.59. The van der Waals surface area contributed by atoms with Crippen LogP contribution in [-0.2, 0) is 4.74 Å². The zero-order chi connectivity index (χ0) is 15.2. The van der Waals surface area contributed by atoms with Crippen molar-refractivity contribution in [2.24, 2.45) is 0 Å². The molecule has 0 saturated carbocycles. The molecule has 0 aliphatic carbocycles. The molecule has 2 aromatic heterocycles. The Morgan fingerprint density at radius 3 is 3.05 bits per heavy atom. The average molecular weight is 297 g/mol. The van der Waals surface area contributed by atoms with Gasteiger partial charge in [0.2, 0.25) is 0 Å². The summed E-state index contributed by atoms with van der Waals surface area (Å²) in [5.41, 5.74) is 4.68. The second kappa shape index (κ2) is 4.71. The van der Waals surface area contributed by atoms with Gasteiger partial charge in [0, 0.05) is 6.42 Å². The Bertz CT molecular complexity index is 706. The second-order valence-electron chi connectivity index (χ2n) is 4.87. The van der Waals surface area contributed by atoms with E-state index in [4.69, 9.17) is 10.5 Å². The summed E-state index contributed by atoms with van der Waals surface area (Å²) in [6.07, 6.45) is -0.938. The Balaban J connectivity index is 2.07. The van der Waals surface area contributed by atoms with E-state index in [0.717, 1.165) is 4.52 Å². The van der Waals surface area contributed by atoms with Crippen LogP contribution in [0.4, 0.5) is 14.6 Å². The van der Waals surface area contributed by atoms with Gasteiger partial charge in [0.15, 0.2) is 11.5 Å². The summed E-state index contributed by atoms with van der Waals surface area (Å²) in [4.78, 5) is 7.30. The molecule has 1 fully saturated rings. The number of aliphatic hydroxyl groups is 1. The molecule has 0 amide bonds. The topological polar surface area (TPSA) is 98.6 Å². The van der Waals surface area contributed by atoms with Crippen molar-refractivity contribution in [3.05, 3.63) is 30.6 Å². The van der Waals surface area contributed by atoms with Crippen molar-refractivity contribution in [1.82, 2.24) is 19.6 Å². The Morgan fingerprint density at radius 2 is 2.43 bits per heavy atom. The summed E-state index contributed by atoms with van der Waals surface area (Å²) in [5, 5.41) is 12.9. The Labute approximate surface area is 118 Å². The predicted octanol–water partition coefficient (Wildman–Crippen LogP) is 0.562. The van der Waals surface area contributed by atoms with Crippen molar-refractivity contribution >= 4 is 11.5 Å². The first kappa shape index (κ1) is 13.8. The molecule has 1 aliphatic heterocycles. The van der Waals surface area contributed by atoms with Crippen molar-refractivity contribution in [3.8, 4) is 0 Å². The summed E-state index contributed by atoms with van der Waals surface area (Å²) in [5.74, 6) is -0.153. The molecule has 2 aromatic rings. The number of hydrogen-bond acceptors (Lipinski definition) is 6. The van der Waals surface area contributed by atoms with Gasteiger partial charge < -0.3 is 15.6 Å². The lowest BCUT2D eigenvalue weighted by Gasteiger charge is -2.22. The molecule has 3 N–H and O–H groups in total. The number of rotatable bonds is 3. The number of ether oxygens (including phenoxy) is 1. The fraction of sp³-hybridized carbons (Fsp3) is 0.417. The second-order valence-corrected chi connectivity index (χ2v) is 4.87. The average Bonchev–Trinajstić information content (AvgIpc) is 3.00. The van der Waals surface area contributed by atoms with Gasteiger partial charge in [-0.3, -0.25) is 0 Å². The molecule has 3 atom stereocenters. The Morgan fingerprint density at radius 1 is 1.67 bits per heavy atom. The van der Waals surface area contributed by atoms with Crippen LogP contribution in [0.3, 0.4) is 0 Å². The van der Waals surface area contributed by atoms with Crippen LogP contribution in [0.15, 0.2) is 18.9 Å². The molecule has 1 saturated heterocycles. The number of nitrogen functional groups attached to an aromatic ring is 1. The summed E-state index contributed by atoms with van der Waals surface area (Å²) in [6.45, 7) is 3.14. The van der Waals surface area contributed by atoms with Gasteiger partial charge in [-0.15, -0.1) is 11.7 Å². The minimum absolute atomic E-state index is 0.0616. The molecule has 0 unspecified atom stereocenters. The number of imidazole rings is 1. The first-order chi connectivity index (χ1) is 9.99. The molecule has 7 nitrogen and oxygen atoms in total. The van der Waals surface area contributed by atoms with E-state index in [9.17, 15) is 13.9 Å². The molecular formula is C12H13F2N5O2. The van der Waals surface area contributed by atoms with Gasteiger partial charge in [-0.25, -0.2) is 13.9 Å². The first-order valence-corrected chi connectivity index (χ1v) is 6.22. The maximum Gasteiger partial charge on any atom is 0.328 e. The van der Waals surface area contributed by atoms with E-state index in [-0.39, 0.29) is 23.6 Å². The molecule has 21 heavy (non-hydrogen) atoms. The molecule has 3 heterocycles. The molecule has 0 radical (unpaired) electrons. The van der Waals surface area contributed by atoms with Gasteiger partial charge in [0.1, 0.15) is 17.9 Å². The maximum absolute atomic E-state index is 14.3. The molecule has 9 heteroatoms. The predicted molar refractivity (Wildman–Crippen MR) is 68.5 cm³/mol. The van der Waals surface area contributed by atoms with Crippen molar-refractivity contribution in [2.45, 2.75) is 24.3 Å². The van der Waals surface area contributed by atoms with Crippen LogP contribution >= 0.6 is 0 Å². The number of anilines is 1. The molecular weight excluding hydrogens is 284 g/mol. The molecule has 0 bridgehead atoms. The smallest absolute Gasteiger partial charge is 0.328 e. The fourth-order valence-corrected chi connectivity index (χ4v) is 2.44. The van der Waals surface area contributed by atoms with E-state index in [1.165, 1.54) is 12.3 Å². The maximum atomic E-state index is 14.3. The summed E-state index contributed by atoms with van der Waals surface area (Å²) in [7, 11) is 0. The third-order valence-electron chi connectivity index (χ3n) is 3.55. The third kappa shape index (κ3) is 2.05. The van der Waals surface area contributed by atoms with Crippen LogP contribution in [-0.4, -0.2) is 43.1 Å². The van der Waals surface area contributed by atoms with Gasteiger partial charge in [0.05, 0.1) is 18.5 Å². The van der Waals surface area contributed by atoms with Crippen molar-refractivity contribution < 1.29 is 18.6 Å². The highest BCUT2D eigenvalue weighted by Gasteiger charge is 2.46. The highest BCUT2D eigenvalue weighted by Crippen LogP contribution is 2.42. The lowest BCUT2D eigenvalue weighted by atomic mass is 10.00. The minimum atomic E-state index is -1.42. The Kier molecular flexibility index (Phi) is 3.10. The van der Waals surface area contributed by atoms with Crippen LogP contribution in [0.25, 0.3) is 5.65 Å². The van der Waals surface area contributed by atoms with E-state index in [0.29, 0.717) is 0 Å². The molecule has 112 valence electrons. The number of nitrogens with two attached hydrogens (primary N) is 1. The number of aliphatic hydroxyl groups excluding tert-OH is 1. The van der Waals surface area contributed by atoms with Crippen molar-refractivity contribution in [2.75, 3.05) is 12.3 Å². The van der Waals surface area contributed by atoms with E-state index >= 15 is 0 Å². The minimum Gasteiger partial charge on any atom is -0.393 e. The third-order valence-corrected chi connectivity index (χ3v) is 3.55. The lowest BCUT2D eigenvalue weighted by molar-refractivity contribution is -0.0493. The van der Waals surface area contributed by atoms with Crippen LogP contribution in [0, 0.1) is 6.08 Å². The molecule has 3 rings (SSSR count). The van der Waals surface area contributed by atoms with Crippen LogP contribution < -0.4 is 5.73 Å². The van der Waals surface area contributed by atoms with E-state index < -0.39 is 30.6 Å². The van der Waals surface area contributed by atoms with Crippen LogP contribution in [0.5, 0.6) is 0 Å². The molecule has 1 aliphatic rings. The van der Waals surface area contributed by atoms with E-state index in [1.807, 2.05) is 0 Å². The SMILES string of the molecule is C=C[C@@]1(CO)C[C@@H](F)[C@H](c2cnc3c(N)nc(F)nn23)O1. The quantitative estimate of drug-likeness (QED) is 0.803. The summed E-state index contributed by atoms with van der Waals surface area (Å²) in [6, 6.07) is 0. The first-order valence-electron chi connectivity index (χ1n) is 6.22. The lowest BCUT2D eigenvalue weighted by Crippen LogP contribution is -2.29. The summed E-state index contributed by atoms with van der Waals surface area (Å²) >= 11 is 0. The number of hydrogen-bond donors (Lipinski definition) is 2. The fourth-order valence-electron chi connectivity index (χ4n) is 2.44. The highest BCUT2D eigenvalue weighted by atomic mass is 19.1. The van der Waals surface area contributed by atoms with Crippen molar-refractivity contribution in [1.29, 1.82) is 0 Å². The van der Waals surface area contributed by atoms with Gasteiger partial charge in [-0.1, -0.05) is 6.08 Å². The zero-order valence-corrected chi connectivity index (χ0v) is 10.9. The van der Waals surface area contributed by atoms with Gasteiger partial charge in [-0.05, 0) is 0 Å². The van der Waals surface area contributed by atoms with E-state index in [2.05, 4.69) is 21.6 Å². The van der Waals surface area contributed by atoms with Gasteiger partial charge in [-0.2, -0.15) is 9.37 Å². The van der Waals surface area contributed by atoms with Gasteiger partial charge in [0.25, 0.3) is 0 Å². The number of fused-ring (bicyclic) bond motifs is 1. The van der Waals surface area contributed by atoms with Crippen LogP contribution in [0.2, 0.25) is 0 Å².